The van der Waals surface area contributed by atoms with E-state index < -0.39 is 0 Å². The standard InChI is InChI=1S/C16H15N3S/c1-10(2)14-15(18-9-19-16(14)20)12-5-6-13-11(8-12)4-3-7-17-13/h3-10H,1-2H3,(H,18,19,20). The van der Waals surface area contributed by atoms with Crippen molar-refractivity contribution in [1.29, 1.82) is 0 Å². The van der Waals surface area contributed by atoms with E-state index in [-0.39, 0.29) is 0 Å². The lowest BCUT2D eigenvalue weighted by atomic mass is 9.98. The highest BCUT2D eigenvalue weighted by Crippen LogP contribution is 2.29. The lowest BCUT2D eigenvalue weighted by molar-refractivity contribution is 0.844. The highest BCUT2D eigenvalue weighted by molar-refractivity contribution is 7.71. The van der Waals surface area contributed by atoms with Crippen molar-refractivity contribution in [1.82, 2.24) is 15.0 Å². The molecule has 0 amide bonds. The summed E-state index contributed by atoms with van der Waals surface area (Å²) in [6.45, 7) is 4.26. The minimum atomic E-state index is 0.326. The normalized spacial score (nSPS) is 11.2. The first-order valence-corrected chi connectivity index (χ1v) is 7.00. The molecule has 0 saturated carbocycles. The largest absolute Gasteiger partial charge is 0.346 e. The van der Waals surface area contributed by atoms with Gasteiger partial charge in [0, 0.05) is 17.1 Å². The maximum Gasteiger partial charge on any atom is 0.133 e. The van der Waals surface area contributed by atoms with Gasteiger partial charge in [-0.3, -0.25) is 4.98 Å². The quantitative estimate of drug-likeness (QED) is 0.704. The Hall–Kier alpha value is -2.07. The molecule has 0 bridgehead atoms. The third-order valence-electron chi connectivity index (χ3n) is 3.36. The summed E-state index contributed by atoms with van der Waals surface area (Å²) in [5.41, 5.74) is 4.24. The summed E-state index contributed by atoms with van der Waals surface area (Å²) in [7, 11) is 0. The molecule has 20 heavy (non-hydrogen) atoms. The summed E-state index contributed by atoms with van der Waals surface area (Å²) in [5, 5.41) is 1.12. The second-order valence-electron chi connectivity index (χ2n) is 5.06. The van der Waals surface area contributed by atoms with Gasteiger partial charge in [-0.25, -0.2) is 4.98 Å². The predicted octanol–water partition coefficient (Wildman–Crippen LogP) is 4.48. The maximum atomic E-state index is 5.37. The van der Waals surface area contributed by atoms with Gasteiger partial charge in [0.15, 0.2) is 0 Å². The number of fused-ring (bicyclic) bond motifs is 1. The summed E-state index contributed by atoms with van der Waals surface area (Å²) < 4.78 is 0.667. The van der Waals surface area contributed by atoms with E-state index in [1.807, 2.05) is 18.3 Å². The van der Waals surface area contributed by atoms with E-state index in [2.05, 4.69) is 47.0 Å². The molecule has 3 aromatic rings. The number of benzene rings is 1. The summed E-state index contributed by atoms with van der Waals surface area (Å²) in [5.74, 6) is 0.326. The number of aromatic nitrogens is 3. The minimum absolute atomic E-state index is 0.326. The van der Waals surface area contributed by atoms with Gasteiger partial charge in [-0.2, -0.15) is 0 Å². The van der Waals surface area contributed by atoms with E-state index in [9.17, 15) is 0 Å². The summed E-state index contributed by atoms with van der Waals surface area (Å²) in [6.07, 6.45) is 3.47. The first-order chi connectivity index (χ1) is 9.66. The number of rotatable bonds is 2. The Morgan fingerprint density at radius 2 is 2.00 bits per heavy atom. The van der Waals surface area contributed by atoms with Gasteiger partial charge in [-0.05, 0) is 29.7 Å². The van der Waals surface area contributed by atoms with Crippen LogP contribution in [0.5, 0.6) is 0 Å². The van der Waals surface area contributed by atoms with Gasteiger partial charge in [-0.1, -0.05) is 38.2 Å². The molecule has 100 valence electrons. The molecule has 0 radical (unpaired) electrons. The van der Waals surface area contributed by atoms with Crippen molar-refractivity contribution in [3.8, 4) is 11.3 Å². The van der Waals surface area contributed by atoms with Crippen LogP contribution in [0.1, 0.15) is 25.3 Å². The molecule has 2 heterocycles. The zero-order valence-electron chi connectivity index (χ0n) is 11.4. The second-order valence-corrected chi connectivity index (χ2v) is 5.45. The van der Waals surface area contributed by atoms with Crippen molar-refractivity contribution in [2.75, 3.05) is 0 Å². The van der Waals surface area contributed by atoms with Crippen LogP contribution in [-0.4, -0.2) is 15.0 Å². The molecule has 1 aromatic carbocycles. The number of H-pyrrole nitrogens is 1. The maximum absolute atomic E-state index is 5.37. The van der Waals surface area contributed by atoms with Crippen LogP contribution in [0.15, 0.2) is 42.9 Å². The summed E-state index contributed by atoms with van der Waals surface area (Å²) >= 11 is 5.37. The van der Waals surface area contributed by atoms with Crippen LogP contribution in [-0.2, 0) is 0 Å². The van der Waals surface area contributed by atoms with Crippen molar-refractivity contribution in [2.24, 2.45) is 0 Å². The average Bonchev–Trinajstić information content (AvgIpc) is 2.46. The minimum Gasteiger partial charge on any atom is -0.346 e. The van der Waals surface area contributed by atoms with Gasteiger partial charge in [0.05, 0.1) is 17.5 Å². The Labute approximate surface area is 122 Å². The Bertz CT molecular complexity index is 821. The molecular formula is C16H15N3S. The molecule has 3 rings (SSSR count). The highest BCUT2D eigenvalue weighted by atomic mass is 32.1. The number of hydrogen-bond donors (Lipinski definition) is 1. The van der Waals surface area contributed by atoms with E-state index in [4.69, 9.17) is 12.2 Å². The number of hydrogen-bond acceptors (Lipinski definition) is 3. The topological polar surface area (TPSA) is 41.6 Å². The molecular weight excluding hydrogens is 266 g/mol. The molecule has 0 fully saturated rings. The summed E-state index contributed by atoms with van der Waals surface area (Å²) in [4.78, 5) is 11.8. The van der Waals surface area contributed by atoms with Gasteiger partial charge in [0.25, 0.3) is 0 Å². The van der Waals surface area contributed by atoms with E-state index >= 15 is 0 Å². The van der Waals surface area contributed by atoms with Crippen molar-refractivity contribution in [3.63, 3.8) is 0 Å². The third-order valence-corrected chi connectivity index (χ3v) is 3.68. The van der Waals surface area contributed by atoms with Crippen molar-refractivity contribution in [2.45, 2.75) is 19.8 Å². The molecule has 0 aliphatic rings. The lowest BCUT2D eigenvalue weighted by Crippen LogP contribution is -1.98. The van der Waals surface area contributed by atoms with Gasteiger partial charge < -0.3 is 4.98 Å². The molecule has 2 aromatic heterocycles. The van der Waals surface area contributed by atoms with Crippen LogP contribution in [0.3, 0.4) is 0 Å². The number of aromatic amines is 1. The molecule has 0 aliphatic heterocycles. The highest BCUT2D eigenvalue weighted by Gasteiger charge is 2.12. The lowest BCUT2D eigenvalue weighted by Gasteiger charge is -2.12. The molecule has 0 saturated heterocycles. The van der Waals surface area contributed by atoms with Gasteiger partial charge in [0.1, 0.15) is 4.64 Å². The van der Waals surface area contributed by atoms with E-state index in [0.717, 1.165) is 27.7 Å². The molecule has 0 spiro atoms. The molecule has 0 unspecified atom stereocenters. The van der Waals surface area contributed by atoms with E-state index in [1.165, 1.54) is 0 Å². The molecule has 3 nitrogen and oxygen atoms in total. The van der Waals surface area contributed by atoms with Crippen LogP contribution in [0, 0.1) is 4.64 Å². The Morgan fingerprint density at radius 1 is 1.15 bits per heavy atom. The fraction of sp³-hybridized carbons (Fsp3) is 0.188. The third kappa shape index (κ3) is 2.23. The van der Waals surface area contributed by atoms with Crippen LogP contribution in [0.2, 0.25) is 0 Å². The van der Waals surface area contributed by atoms with E-state index in [0.29, 0.717) is 10.6 Å². The van der Waals surface area contributed by atoms with Crippen LogP contribution >= 0.6 is 12.2 Å². The first kappa shape index (κ1) is 12.9. The molecule has 1 N–H and O–H groups in total. The van der Waals surface area contributed by atoms with Gasteiger partial charge >= 0.3 is 0 Å². The summed E-state index contributed by atoms with van der Waals surface area (Å²) in [6, 6.07) is 10.3. The number of nitrogens with one attached hydrogen (secondary N) is 1. The molecule has 0 aliphatic carbocycles. The fourth-order valence-electron chi connectivity index (χ4n) is 2.42. The average molecular weight is 281 g/mol. The Kier molecular flexibility index (Phi) is 3.32. The fourth-order valence-corrected chi connectivity index (χ4v) is 2.81. The van der Waals surface area contributed by atoms with Crippen molar-refractivity contribution in [3.05, 3.63) is 53.1 Å². The zero-order valence-corrected chi connectivity index (χ0v) is 12.2. The Balaban J connectivity index is 2.26. The number of pyridine rings is 1. The SMILES string of the molecule is CC(C)c1c(-c2ccc3ncccc3c2)[nH]cnc1=S. The Morgan fingerprint density at radius 3 is 2.80 bits per heavy atom. The first-order valence-electron chi connectivity index (χ1n) is 6.59. The smallest absolute Gasteiger partial charge is 0.133 e. The predicted molar refractivity (Wildman–Crippen MR) is 84.2 cm³/mol. The second kappa shape index (κ2) is 5.13. The van der Waals surface area contributed by atoms with Crippen LogP contribution < -0.4 is 0 Å². The molecule has 0 atom stereocenters. The van der Waals surface area contributed by atoms with E-state index in [1.54, 1.807) is 6.33 Å². The van der Waals surface area contributed by atoms with Crippen molar-refractivity contribution >= 4 is 23.1 Å². The van der Waals surface area contributed by atoms with Gasteiger partial charge in [0.2, 0.25) is 0 Å². The van der Waals surface area contributed by atoms with Crippen molar-refractivity contribution < 1.29 is 0 Å². The zero-order chi connectivity index (χ0) is 14.1. The monoisotopic (exact) mass is 281 g/mol. The van der Waals surface area contributed by atoms with Crippen LogP contribution in [0.25, 0.3) is 22.2 Å². The number of nitrogens with zero attached hydrogens (tertiary/aromatic N) is 2. The van der Waals surface area contributed by atoms with Crippen LogP contribution in [0.4, 0.5) is 0 Å². The molecule has 4 heteroatoms. The van der Waals surface area contributed by atoms with Gasteiger partial charge in [-0.15, -0.1) is 0 Å².